The highest BCUT2D eigenvalue weighted by atomic mass is 19.3. The molecule has 1 aromatic rings. The average Bonchev–Trinajstić information content (AvgIpc) is 2.20. The standard InChI is InChI=1S/C9H7F4NO2/c1-2-16-9(15)4-3-5(10)6(7(11)12)14-8(4)13/h3,7H,2H2,1H3. The smallest absolute Gasteiger partial charge is 0.342 e. The van der Waals surface area contributed by atoms with E-state index >= 15 is 0 Å². The molecule has 0 saturated carbocycles. The first-order chi connectivity index (χ1) is 7.47. The Morgan fingerprint density at radius 3 is 2.62 bits per heavy atom. The Morgan fingerprint density at radius 1 is 1.50 bits per heavy atom. The Labute approximate surface area is 88.0 Å². The molecule has 0 fully saturated rings. The van der Waals surface area contributed by atoms with E-state index in [1.165, 1.54) is 6.92 Å². The van der Waals surface area contributed by atoms with Crippen LogP contribution in [0, 0.1) is 11.8 Å². The molecule has 1 aromatic heterocycles. The summed E-state index contributed by atoms with van der Waals surface area (Å²) in [6, 6.07) is 0.349. The van der Waals surface area contributed by atoms with Gasteiger partial charge in [0.2, 0.25) is 5.95 Å². The molecule has 0 aliphatic carbocycles. The van der Waals surface area contributed by atoms with E-state index < -0.39 is 35.4 Å². The van der Waals surface area contributed by atoms with Crippen molar-refractivity contribution in [2.24, 2.45) is 0 Å². The highest BCUT2D eigenvalue weighted by Crippen LogP contribution is 2.21. The van der Waals surface area contributed by atoms with Crippen molar-refractivity contribution in [1.29, 1.82) is 0 Å². The second-order valence-corrected chi connectivity index (χ2v) is 2.71. The van der Waals surface area contributed by atoms with Crippen LogP contribution in [0.15, 0.2) is 6.07 Å². The normalized spacial score (nSPS) is 10.6. The number of alkyl halides is 2. The van der Waals surface area contributed by atoms with Gasteiger partial charge in [0, 0.05) is 0 Å². The van der Waals surface area contributed by atoms with E-state index in [4.69, 9.17) is 0 Å². The summed E-state index contributed by atoms with van der Waals surface area (Å²) in [6.07, 6.45) is -3.24. The van der Waals surface area contributed by atoms with Crippen molar-refractivity contribution < 1.29 is 27.1 Å². The summed E-state index contributed by atoms with van der Waals surface area (Å²) in [5.41, 5.74) is -2.13. The van der Waals surface area contributed by atoms with Gasteiger partial charge in [-0.1, -0.05) is 0 Å². The molecule has 0 saturated heterocycles. The monoisotopic (exact) mass is 237 g/mol. The number of carbonyl (C=O) groups is 1. The molecule has 16 heavy (non-hydrogen) atoms. The Balaban J connectivity index is 3.15. The number of halogens is 4. The van der Waals surface area contributed by atoms with Crippen molar-refractivity contribution in [2.75, 3.05) is 6.61 Å². The average molecular weight is 237 g/mol. The Bertz CT molecular complexity index is 409. The maximum Gasteiger partial charge on any atom is 0.342 e. The van der Waals surface area contributed by atoms with Crippen LogP contribution in [-0.4, -0.2) is 17.6 Å². The number of esters is 1. The molecule has 0 unspecified atom stereocenters. The number of nitrogens with zero attached hydrogens (tertiary/aromatic N) is 1. The van der Waals surface area contributed by atoms with E-state index in [2.05, 4.69) is 9.72 Å². The number of rotatable bonds is 3. The first kappa shape index (κ1) is 12.4. The summed E-state index contributed by atoms with van der Waals surface area (Å²) in [5.74, 6) is -4.07. The molecule has 7 heteroatoms. The SMILES string of the molecule is CCOC(=O)c1cc(F)c(C(F)F)nc1F. The molecule has 0 aromatic carbocycles. The molecule has 0 amide bonds. The Morgan fingerprint density at radius 2 is 2.12 bits per heavy atom. The lowest BCUT2D eigenvalue weighted by Crippen LogP contribution is -2.11. The van der Waals surface area contributed by atoms with E-state index in [0.29, 0.717) is 6.07 Å². The van der Waals surface area contributed by atoms with Crippen LogP contribution in [0.2, 0.25) is 0 Å². The van der Waals surface area contributed by atoms with Gasteiger partial charge in [0.15, 0.2) is 5.82 Å². The van der Waals surface area contributed by atoms with Crippen molar-refractivity contribution in [1.82, 2.24) is 4.98 Å². The molecule has 0 N–H and O–H groups in total. The lowest BCUT2D eigenvalue weighted by atomic mass is 10.2. The minimum absolute atomic E-state index is 0.0451. The molecule has 3 nitrogen and oxygen atoms in total. The largest absolute Gasteiger partial charge is 0.462 e. The van der Waals surface area contributed by atoms with E-state index in [9.17, 15) is 22.4 Å². The fourth-order valence-electron chi connectivity index (χ4n) is 0.985. The number of hydrogen-bond donors (Lipinski definition) is 0. The zero-order chi connectivity index (χ0) is 12.3. The zero-order valence-electron chi connectivity index (χ0n) is 8.14. The predicted molar refractivity (Wildman–Crippen MR) is 45.1 cm³/mol. The summed E-state index contributed by atoms with van der Waals surface area (Å²) >= 11 is 0. The first-order valence-corrected chi connectivity index (χ1v) is 4.28. The fourth-order valence-corrected chi connectivity index (χ4v) is 0.985. The number of aromatic nitrogens is 1. The van der Waals surface area contributed by atoms with E-state index in [0.717, 1.165) is 0 Å². The number of hydrogen-bond acceptors (Lipinski definition) is 3. The van der Waals surface area contributed by atoms with Crippen LogP contribution in [0.3, 0.4) is 0 Å². The van der Waals surface area contributed by atoms with E-state index in [1.54, 1.807) is 0 Å². The molecule has 88 valence electrons. The molecule has 0 aliphatic heterocycles. The van der Waals surface area contributed by atoms with Gasteiger partial charge in [-0.3, -0.25) is 0 Å². The van der Waals surface area contributed by atoms with Gasteiger partial charge >= 0.3 is 5.97 Å². The molecule has 1 heterocycles. The van der Waals surface area contributed by atoms with Crippen molar-refractivity contribution >= 4 is 5.97 Å². The topological polar surface area (TPSA) is 39.2 Å². The highest BCUT2D eigenvalue weighted by molar-refractivity contribution is 5.89. The lowest BCUT2D eigenvalue weighted by Gasteiger charge is -2.05. The van der Waals surface area contributed by atoms with Gasteiger partial charge in [-0.2, -0.15) is 4.39 Å². The molecule has 1 rings (SSSR count). The van der Waals surface area contributed by atoms with Gasteiger partial charge in [0.05, 0.1) is 6.61 Å². The summed E-state index contributed by atoms with van der Waals surface area (Å²) in [7, 11) is 0. The molecule has 0 atom stereocenters. The number of pyridine rings is 1. The van der Waals surface area contributed by atoms with Crippen LogP contribution in [0.4, 0.5) is 17.6 Å². The minimum atomic E-state index is -3.24. The van der Waals surface area contributed by atoms with E-state index in [-0.39, 0.29) is 6.61 Å². The van der Waals surface area contributed by atoms with Crippen LogP contribution < -0.4 is 0 Å². The molecule has 0 radical (unpaired) electrons. The summed E-state index contributed by atoms with van der Waals surface area (Å²) in [6.45, 7) is 1.42. The third-order valence-electron chi connectivity index (χ3n) is 1.66. The van der Waals surface area contributed by atoms with Gasteiger partial charge in [-0.05, 0) is 13.0 Å². The maximum absolute atomic E-state index is 13.1. The first-order valence-electron chi connectivity index (χ1n) is 4.28. The van der Waals surface area contributed by atoms with Crippen molar-refractivity contribution in [3.63, 3.8) is 0 Å². The number of ether oxygens (including phenoxy) is 1. The van der Waals surface area contributed by atoms with Crippen LogP contribution >= 0.6 is 0 Å². The Kier molecular flexibility index (Phi) is 3.81. The fraction of sp³-hybridized carbons (Fsp3) is 0.333. The zero-order valence-corrected chi connectivity index (χ0v) is 8.14. The molecule has 0 bridgehead atoms. The second-order valence-electron chi connectivity index (χ2n) is 2.71. The second kappa shape index (κ2) is 4.91. The van der Waals surface area contributed by atoms with Gasteiger partial charge in [-0.25, -0.2) is 22.9 Å². The minimum Gasteiger partial charge on any atom is -0.462 e. The van der Waals surface area contributed by atoms with Crippen LogP contribution in [0.25, 0.3) is 0 Å². The quantitative estimate of drug-likeness (QED) is 0.460. The number of carbonyl (C=O) groups excluding carboxylic acids is 1. The summed E-state index contributed by atoms with van der Waals surface area (Å²) in [4.78, 5) is 13.7. The highest BCUT2D eigenvalue weighted by Gasteiger charge is 2.22. The molecule has 0 spiro atoms. The van der Waals surface area contributed by atoms with E-state index in [1.807, 2.05) is 0 Å². The van der Waals surface area contributed by atoms with Crippen LogP contribution in [0.5, 0.6) is 0 Å². The third-order valence-corrected chi connectivity index (χ3v) is 1.66. The van der Waals surface area contributed by atoms with Crippen molar-refractivity contribution in [3.05, 3.63) is 29.1 Å². The molecular formula is C9H7F4NO2. The predicted octanol–water partition coefficient (Wildman–Crippen LogP) is 2.47. The molecular weight excluding hydrogens is 230 g/mol. The summed E-state index contributed by atoms with van der Waals surface area (Å²) in [5, 5.41) is 0. The third kappa shape index (κ3) is 2.47. The lowest BCUT2D eigenvalue weighted by molar-refractivity contribution is 0.0517. The van der Waals surface area contributed by atoms with Crippen molar-refractivity contribution in [2.45, 2.75) is 13.3 Å². The maximum atomic E-state index is 13.1. The van der Waals surface area contributed by atoms with Gasteiger partial charge in [0.25, 0.3) is 6.43 Å². The Hall–Kier alpha value is -1.66. The van der Waals surface area contributed by atoms with Gasteiger partial charge < -0.3 is 4.74 Å². The van der Waals surface area contributed by atoms with Crippen molar-refractivity contribution in [3.8, 4) is 0 Å². The summed E-state index contributed by atoms with van der Waals surface area (Å²) < 4.78 is 54.6. The van der Waals surface area contributed by atoms with Crippen LogP contribution in [-0.2, 0) is 4.74 Å². The van der Waals surface area contributed by atoms with Crippen LogP contribution in [0.1, 0.15) is 29.4 Å². The van der Waals surface area contributed by atoms with Gasteiger partial charge in [-0.15, -0.1) is 0 Å². The van der Waals surface area contributed by atoms with Gasteiger partial charge in [0.1, 0.15) is 11.3 Å². The molecule has 0 aliphatic rings.